The Kier molecular flexibility index (Phi) is 7.80. The van der Waals surface area contributed by atoms with E-state index in [1.807, 2.05) is 43.3 Å². The Bertz CT molecular complexity index is 724. The normalized spacial score (nSPS) is 17.1. The Morgan fingerprint density at radius 3 is 2.70 bits per heavy atom. The van der Waals surface area contributed by atoms with Gasteiger partial charge in [-0.15, -0.1) is 10.2 Å². The fraction of sp³-hybridized carbons (Fsp3) is 0.524. The standard InChI is InChI=1S/C21H29N3O2S/c1-16-23-24-21(27-16)13-12-17-8-6-7-11-20(17)26-15-19(25)14-22-18-9-4-2-3-5-10-18/h6-8,11-13,18-19,22,25H,2-5,9-10,14-15H2,1H3/b13-12-. The van der Waals surface area contributed by atoms with Crippen LogP contribution in [0.5, 0.6) is 5.75 Å². The first kappa shape index (κ1) is 20.0. The Hall–Kier alpha value is -1.76. The monoisotopic (exact) mass is 387 g/mol. The molecule has 1 aromatic heterocycles. The summed E-state index contributed by atoms with van der Waals surface area (Å²) in [6, 6.07) is 8.37. The third-order valence-corrected chi connectivity index (χ3v) is 5.60. The zero-order valence-electron chi connectivity index (χ0n) is 15.9. The second kappa shape index (κ2) is 10.5. The van der Waals surface area contributed by atoms with E-state index in [1.165, 1.54) is 38.5 Å². The van der Waals surface area contributed by atoms with Crippen LogP contribution in [0.1, 0.15) is 54.1 Å². The van der Waals surface area contributed by atoms with Crippen molar-refractivity contribution in [3.63, 3.8) is 0 Å². The quantitative estimate of drug-likeness (QED) is 0.669. The van der Waals surface area contributed by atoms with Gasteiger partial charge < -0.3 is 15.2 Å². The van der Waals surface area contributed by atoms with Crippen molar-refractivity contribution in [1.82, 2.24) is 15.5 Å². The summed E-state index contributed by atoms with van der Waals surface area (Å²) in [6.45, 7) is 2.80. The summed E-state index contributed by atoms with van der Waals surface area (Å²) in [5, 5.41) is 23.7. The molecule has 1 atom stereocenters. The Labute approximate surface area is 165 Å². The molecule has 27 heavy (non-hydrogen) atoms. The number of ether oxygens (including phenoxy) is 1. The number of para-hydroxylation sites is 1. The number of hydrogen-bond donors (Lipinski definition) is 2. The molecule has 0 spiro atoms. The summed E-state index contributed by atoms with van der Waals surface area (Å²) in [6.07, 6.45) is 11.1. The van der Waals surface area contributed by atoms with Gasteiger partial charge >= 0.3 is 0 Å². The number of benzene rings is 1. The minimum atomic E-state index is -0.517. The molecule has 5 nitrogen and oxygen atoms in total. The predicted molar refractivity (Wildman–Crippen MR) is 111 cm³/mol. The van der Waals surface area contributed by atoms with Gasteiger partial charge in [0, 0.05) is 18.2 Å². The third-order valence-electron chi connectivity index (χ3n) is 4.79. The van der Waals surface area contributed by atoms with E-state index in [0.29, 0.717) is 12.6 Å². The van der Waals surface area contributed by atoms with Crippen molar-refractivity contribution in [2.45, 2.75) is 57.6 Å². The molecule has 0 radical (unpaired) electrons. The number of aromatic nitrogens is 2. The molecule has 1 aromatic carbocycles. The lowest BCUT2D eigenvalue weighted by molar-refractivity contribution is 0.103. The highest BCUT2D eigenvalue weighted by molar-refractivity contribution is 7.12. The van der Waals surface area contributed by atoms with Gasteiger partial charge in [0.1, 0.15) is 28.5 Å². The van der Waals surface area contributed by atoms with E-state index in [2.05, 4.69) is 15.5 Å². The molecule has 146 valence electrons. The molecule has 1 heterocycles. The minimum Gasteiger partial charge on any atom is -0.490 e. The maximum Gasteiger partial charge on any atom is 0.140 e. The Morgan fingerprint density at radius 1 is 1.19 bits per heavy atom. The lowest BCUT2D eigenvalue weighted by Crippen LogP contribution is -2.37. The van der Waals surface area contributed by atoms with Crippen molar-refractivity contribution in [1.29, 1.82) is 0 Å². The molecule has 0 aliphatic heterocycles. The van der Waals surface area contributed by atoms with Crippen molar-refractivity contribution in [3.05, 3.63) is 39.8 Å². The van der Waals surface area contributed by atoms with Crippen molar-refractivity contribution >= 4 is 23.5 Å². The second-order valence-corrected chi connectivity index (χ2v) is 8.31. The van der Waals surface area contributed by atoms with Crippen LogP contribution in [0, 0.1) is 6.92 Å². The molecule has 3 rings (SSSR count). The predicted octanol–water partition coefficient (Wildman–Crippen LogP) is 4.07. The van der Waals surface area contributed by atoms with Gasteiger partial charge in [0.2, 0.25) is 0 Å². The van der Waals surface area contributed by atoms with E-state index in [0.717, 1.165) is 21.3 Å². The first-order valence-corrected chi connectivity index (χ1v) is 10.6. The highest BCUT2D eigenvalue weighted by atomic mass is 32.1. The fourth-order valence-electron chi connectivity index (χ4n) is 3.32. The van der Waals surface area contributed by atoms with E-state index in [9.17, 15) is 5.11 Å². The minimum absolute atomic E-state index is 0.280. The first-order chi connectivity index (χ1) is 13.2. The summed E-state index contributed by atoms with van der Waals surface area (Å²) in [5.41, 5.74) is 0.967. The van der Waals surface area contributed by atoms with E-state index in [-0.39, 0.29) is 6.61 Å². The van der Waals surface area contributed by atoms with Gasteiger partial charge in [-0.1, -0.05) is 55.2 Å². The Balaban J connectivity index is 1.49. The molecule has 2 N–H and O–H groups in total. The van der Waals surface area contributed by atoms with Gasteiger partial charge in [0.25, 0.3) is 0 Å². The smallest absolute Gasteiger partial charge is 0.140 e. The number of rotatable bonds is 8. The molecule has 6 heteroatoms. The van der Waals surface area contributed by atoms with Crippen LogP contribution in [0.4, 0.5) is 0 Å². The first-order valence-electron chi connectivity index (χ1n) is 9.82. The van der Waals surface area contributed by atoms with Crippen LogP contribution in [0.15, 0.2) is 24.3 Å². The van der Waals surface area contributed by atoms with Gasteiger partial charge in [-0.3, -0.25) is 0 Å². The summed E-state index contributed by atoms with van der Waals surface area (Å²) >= 11 is 1.55. The maximum atomic E-state index is 10.3. The molecule has 1 aliphatic carbocycles. The van der Waals surface area contributed by atoms with Gasteiger partial charge in [-0.05, 0) is 38.0 Å². The van der Waals surface area contributed by atoms with Crippen molar-refractivity contribution < 1.29 is 9.84 Å². The highest BCUT2D eigenvalue weighted by Crippen LogP contribution is 2.22. The largest absolute Gasteiger partial charge is 0.490 e. The average molecular weight is 388 g/mol. The number of nitrogens with one attached hydrogen (secondary N) is 1. The number of hydrogen-bond acceptors (Lipinski definition) is 6. The zero-order valence-corrected chi connectivity index (χ0v) is 16.8. The molecule has 0 amide bonds. The molecule has 0 bridgehead atoms. The van der Waals surface area contributed by atoms with E-state index in [4.69, 9.17) is 4.74 Å². The molecule has 1 unspecified atom stereocenters. The van der Waals surface area contributed by atoms with E-state index < -0.39 is 6.10 Å². The molecule has 1 aliphatic rings. The van der Waals surface area contributed by atoms with Crippen LogP contribution in [0.2, 0.25) is 0 Å². The summed E-state index contributed by atoms with van der Waals surface area (Å²) in [5.74, 6) is 0.767. The van der Waals surface area contributed by atoms with Crippen LogP contribution < -0.4 is 10.1 Å². The lowest BCUT2D eigenvalue weighted by Gasteiger charge is -2.19. The fourth-order valence-corrected chi connectivity index (χ4v) is 3.92. The van der Waals surface area contributed by atoms with Crippen LogP contribution in [-0.2, 0) is 0 Å². The SMILES string of the molecule is Cc1nnc(/C=C\c2ccccc2OCC(O)CNC2CCCCCC2)s1. The van der Waals surface area contributed by atoms with Crippen molar-refractivity contribution in [2.75, 3.05) is 13.2 Å². The zero-order chi connectivity index (χ0) is 18.9. The summed E-state index contributed by atoms with van der Waals surface area (Å²) < 4.78 is 5.88. The molecule has 0 saturated heterocycles. The van der Waals surface area contributed by atoms with Crippen LogP contribution in [-0.4, -0.2) is 40.6 Å². The van der Waals surface area contributed by atoms with Crippen LogP contribution >= 0.6 is 11.3 Å². The molecule has 1 fully saturated rings. The van der Waals surface area contributed by atoms with Gasteiger partial charge in [-0.25, -0.2) is 0 Å². The molecule has 1 saturated carbocycles. The summed E-state index contributed by atoms with van der Waals surface area (Å²) in [4.78, 5) is 0. The number of aryl methyl sites for hydroxylation is 1. The maximum absolute atomic E-state index is 10.3. The van der Waals surface area contributed by atoms with Gasteiger partial charge in [0.05, 0.1) is 0 Å². The molecular weight excluding hydrogens is 358 g/mol. The number of aliphatic hydroxyl groups excluding tert-OH is 1. The average Bonchev–Trinajstić information content (AvgIpc) is 2.93. The van der Waals surface area contributed by atoms with Crippen LogP contribution in [0.25, 0.3) is 12.2 Å². The Morgan fingerprint density at radius 2 is 1.96 bits per heavy atom. The third kappa shape index (κ3) is 6.72. The summed E-state index contributed by atoms with van der Waals surface area (Å²) in [7, 11) is 0. The van der Waals surface area contributed by atoms with Crippen LogP contribution in [0.3, 0.4) is 0 Å². The number of aliphatic hydroxyl groups is 1. The second-order valence-electron chi connectivity index (χ2n) is 7.09. The van der Waals surface area contributed by atoms with E-state index in [1.54, 1.807) is 11.3 Å². The number of nitrogens with zero attached hydrogens (tertiary/aromatic N) is 2. The lowest BCUT2D eigenvalue weighted by atomic mass is 10.1. The van der Waals surface area contributed by atoms with Crippen molar-refractivity contribution in [2.24, 2.45) is 0 Å². The van der Waals surface area contributed by atoms with Gasteiger partial charge in [-0.2, -0.15) is 0 Å². The topological polar surface area (TPSA) is 67.3 Å². The van der Waals surface area contributed by atoms with E-state index >= 15 is 0 Å². The van der Waals surface area contributed by atoms with Gasteiger partial charge in [0.15, 0.2) is 0 Å². The van der Waals surface area contributed by atoms with Crippen molar-refractivity contribution in [3.8, 4) is 5.75 Å². The highest BCUT2D eigenvalue weighted by Gasteiger charge is 2.14. The molecular formula is C21H29N3O2S. The molecule has 2 aromatic rings.